The molecule has 1 saturated carbocycles. The molecule has 0 saturated heterocycles. The van der Waals surface area contributed by atoms with Crippen molar-refractivity contribution < 1.29 is 23.9 Å². The van der Waals surface area contributed by atoms with Gasteiger partial charge < -0.3 is 14.8 Å². The van der Waals surface area contributed by atoms with Crippen molar-refractivity contribution in [1.29, 1.82) is 0 Å². The Hall–Kier alpha value is -3.35. The van der Waals surface area contributed by atoms with Gasteiger partial charge in [-0.15, -0.1) is 0 Å². The number of benzene rings is 2. The average Bonchev–Trinajstić information content (AvgIpc) is 2.84. The van der Waals surface area contributed by atoms with Crippen LogP contribution in [-0.4, -0.2) is 42.9 Å². The Morgan fingerprint density at radius 3 is 2.65 bits per heavy atom. The van der Waals surface area contributed by atoms with Crippen molar-refractivity contribution in [3.8, 4) is 11.5 Å². The van der Waals surface area contributed by atoms with Crippen LogP contribution in [0.5, 0.6) is 11.5 Å². The number of hydrogen-bond acceptors (Lipinski definition) is 5. The maximum atomic E-state index is 13.0. The predicted molar refractivity (Wildman–Crippen MR) is 130 cm³/mol. The normalized spacial score (nSPS) is 16.9. The molecule has 2 aliphatic rings. The largest absolute Gasteiger partial charge is 0.485 e. The van der Waals surface area contributed by atoms with Gasteiger partial charge in [0.25, 0.3) is 5.91 Å². The number of carbonyl (C=O) groups excluding carboxylic acids is 3. The summed E-state index contributed by atoms with van der Waals surface area (Å²) in [4.78, 5) is 40.1. The van der Waals surface area contributed by atoms with Crippen LogP contribution >= 0.6 is 0 Å². The SMILES string of the molecule is Cc1ccc(C)c(OCC(=O)c2ccc3c(c2)N([C@@H](C)C(=O)NC2CCCCC2)C(=O)CO3)c1. The Labute approximate surface area is 200 Å². The first-order valence-corrected chi connectivity index (χ1v) is 12.0. The molecule has 1 aliphatic carbocycles. The topological polar surface area (TPSA) is 84.9 Å². The van der Waals surface area contributed by atoms with Crippen LogP contribution < -0.4 is 19.7 Å². The van der Waals surface area contributed by atoms with Crippen molar-refractivity contribution in [1.82, 2.24) is 5.32 Å². The molecule has 0 bridgehead atoms. The average molecular weight is 465 g/mol. The van der Waals surface area contributed by atoms with Gasteiger partial charge in [-0.3, -0.25) is 19.3 Å². The Morgan fingerprint density at radius 2 is 1.88 bits per heavy atom. The van der Waals surface area contributed by atoms with Gasteiger partial charge in [-0.2, -0.15) is 0 Å². The fourth-order valence-corrected chi connectivity index (χ4v) is 4.54. The van der Waals surface area contributed by atoms with Gasteiger partial charge >= 0.3 is 0 Å². The standard InChI is InChI=1S/C27H32N2O5/c1-17-9-10-18(2)25(13-17)33-15-23(30)20-11-12-24-22(14-20)29(26(31)16-34-24)19(3)27(32)28-21-7-5-4-6-8-21/h9-14,19,21H,4-8,15-16H2,1-3H3,(H,28,32)/t19-/m0/s1. The number of Topliss-reactive ketones (excluding diaryl/α,β-unsaturated/α-hetero) is 1. The number of amides is 2. The molecule has 180 valence electrons. The lowest BCUT2D eigenvalue weighted by Gasteiger charge is -2.34. The van der Waals surface area contributed by atoms with E-state index in [0.717, 1.165) is 36.8 Å². The molecule has 0 radical (unpaired) electrons. The number of rotatable bonds is 7. The van der Waals surface area contributed by atoms with Crippen molar-refractivity contribution in [2.24, 2.45) is 0 Å². The number of anilines is 1. The van der Waals surface area contributed by atoms with Gasteiger partial charge in [0.2, 0.25) is 5.91 Å². The van der Waals surface area contributed by atoms with Crippen molar-refractivity contribution >= 4 is 23.3 Å². The van der Waals surface area contributed by atoms with E-state index in [0.29, 0.717) is 22.7 Å². The lowest BCUT2D eigenvalue weighted by Crippen LogP contribution is -2.53. The number of nitrogens with one attached hydrogen (secondary N) is 1. The van der Waals surface area contributed by atoms with Gasteiger partial charge in [0.15, 0.2) is 19.0 Å². The predicted octanol–water partition coefficient (Wildman–Crippen LogP) is 4.13. The van der Waals surface area contributed by atoms with E-state index in [4.69, 9.17) is 9.47 Å². The quantitative estimate of drug-likeness (QED) is 0.623. The van der Waals surface area contributed by atoms with E-state index < -0.39 is 6.04 Å². The van der Waals surface area contributed by atoms with E-state index in [1.54, 1.807) is 25.1 Å². The third kappa shape index (κ3) is 5.24. The van der Waals surface area contributed by atoms with Gasteiger partial charge in [-0.25, -0.2) is 0 Å². The van der Waals surface area contributed by atoms with Crippen LogP contribution in [0.1, 0.15) is 60.5 Å². The van der Waals surface area contributed by atoms with E-state index in [-0.39, 0.29) is 36.9 Å². The summed E-state index contributed by atoms with van der Waals surface area (Å²) in [6.45, 7) is 5.34. The monoisotopic (exact) mass is 464 g/mol. The highest BCUT2D eigenvalue weighted by Crippen LogP contribution is 2.35. The highest BCUT2D eigenvalue weighted by atomic mass is 16.5. The van der Waals surface area contributed by atoms with Crippen LogP contribution in [-0.2, 0) is 9.59 Å². The molecule has 0 unspecified atom stereocenters. The first kappa shape index (κ1) is 23.8. The van der Waals surface area contributed by atoms with Crippen LogP contribution in [0.4, 0.5) is 5.69 Å². The molecule has 2 aromatic rings. The fraction of sp³-hybridized carbons (Fsp3) is 0.444. The smallest absolute Gasteiger partial charge is 0.265 e. The summed E-state index contributed by atoms with van der Waals surface area (Å²) in [7, 11) is 0. The maximum absolute atomic E-state index is 13.0. The second-order valence-corrected chi connectivity index (χ2v) is 9.24. The van der Waals surface area contributed by atoms with Gasteiger partial charge in [0.1, 0.15) is 17.5 Å². The molecule has 1 N–H and O–H groups in total. The van der Waals surface area contributed by atoms with Gasteiger partial charge in [0, 0.05) is 11.6 Å². The molecular weight excluding hydrogens is 432 g/mol. The number of aryl methyl sites for hydroxylation is 2. The first-order chi connectivity index (χ1) is 16.3. The minimum absolute atomic E-state index is 0.129. The minimum atomic E-state index is -0.714. The zero-order valence-electron chi connectivity index (χ0n) is 20.1. The molecule has 0 spiro atoms. The van der Waals surface area contributed by atoms with Crippen molar-refractivity contribution in [3.63, 3.8) is 0 Å². The zero-order chi connectivity index (χ0) is 24.2. The van der Waals surface area contributed by atoms with Crippen LogP contribution in [0.2, 0.25) is 0 Å². The van der Waals surface area contributed by atoms with Crippen LogP contribution in [0, 0.1) is 13.8 Å². The number of fused-ring (bicyclic) bond motifs is 1. The lowest BCUT2D eigenvalue weighted by atomic mass is 9.95. The van der Waals surface area contributed by atoms with Gasteiger partial charge in [-0.05, 0) is 69.0 Å². The Kier molecular flexibility index (Phi) is 7.20. The number of ketones is 1. The number of nitrogens with zero attached hydrogens (tertiary/aromatic N) is 1. The molecule has 7 nitrogen and oxygen atoms in total. The fourth-order valence-electron chi connectivity index (χ4n) is 4.54. The zero-order valence-corrected chi connectivity index (χ0v) is 20.1. The van der Waals surface area contributed by atoms with E-state index in [1.807, 2.05) is 32.0 Å². The second kappa shape index (κ2) is 10.3. The molecule has 1 fully saturated rings. The Morgan fingerprint density at radius 1 is 1.12 bits per heavy atom. The summed E-state index contributed by atoms with van der Waals surface area (Å²) in [6, 6.07) is 10.2. The van der Waals surface area contributed by atoms with Gasteiger partial charge in [-0.1, -0.05) is 31.4 Å². The minimum Gasteiger partial charge on any atom is -0.485 e. The van der Waals surface area contributed by atoms with Crippen LogP contribution in [0.3, 0.4) is 0 Å². The molecule has 2 aromatic carbocycles. The van der Waals surface area contributed by atoms with E-state index in [2.05, 4.69) is 5.32 Å². The van der Waals surface area contributed by atoms with E-state index in [1.165, 1.54) is 11.3 Å². The molecule has 34 heavy (non-hydrogen) atoms. The van der Waals surface area contributed by atoms with Crippen molar-refractivity contribution in [2.45, 2.75) is 65.0 Å². The summed E-state index contributed by atoms with van der Waals surface area (Å²) >= 11 is 0. The van der Waals surface area contributed by atoms with Crippen LogP contribution in [0.25, 0.3) is 0 Å². The summed E-state index contributed by atoms with van der Waals surface area (Å²) in [5, 5.41) is 3.09. The first-order valence-electron chi connectivity index (χ1n) is 12.0. The summed E-state index contributed by atoms with van der Waals surface area (Å²) < 4.78 is 11.3. The molecule has 1 aliphatic heterocycles. The van der Waals surface area contributed by atoms with Crippen molar-refractivity contribution in [2.75, 3.05) is 18.1 Å². The van der Waals surface area contributed by atoms with Crippen LogP contribution in [0.15, 0.2) is 36.4 Å². The molecule has 1 heterocycles. The highest BCUT2D eigenvalue weighted by Gasteiger charge is 2.34. The number of hydrogen-bond donors (Lipinski definition) is 1. The van der Waals surface area contributed by atoms with Crippen molar-refractivity contribution in [3.05, 3.63) is 53.1 Å². The third-order valence-corrected chi connectivity index (χ3v) is 6.58. The second-order valence-electron chi connectivity index (χ2n) is 9.24. The molecule has 2 amide bonds. The molecule has 1 atom stereocenters. The molecule has 0 aromatic heterocycles. The van der Waals surface area contributed by atoms with E-state index in [9.17, 15) is 14.4 Å². The van der Waals surface area contributed by atoms with Gasteiger partial charge in [0.05, 0.1) is 5.69 Å². The molecular formula is C27H32N2O5. The number of carbonyl (C=O) groups is 3. The summed E-state index contributed by atoms with van der Waals surface area (Å²) in [5.74, 6) is 0.419. The molecule has 4 rings (SSSR count). The third-order valence-electron chi connectivity index (χ3n) is 6.58. The summed E-state index contributed by atoms with van der Waals surface area (Å²) in [6.07, 6.45) is 5.33. The maximum Gasteiger partial charge on any atom is 0.265 e. The van der Waals surface area contributed by atoms with E-state index >= 15 is 0 Å². The molecule has 7 heteroatoms. The Bertz CT molecular complexity index is 1090. The number of ether oxygens (including phenoxy) is 2. The summed E-state index contributed by atoms with van der Waals surface area (Å²) in [5.41, 5.74) is 2.83. The highest BCUT2D eigenvalue weighted by molar-refractivity contribution is 6.05. The lowest BCUT2D eigenvalue weighted by molar-refractivity contribution is -0.128. The Balaban J connectivity index is 1.50.